The van der Waals surface area contributed by atoms with Crippen LogP contribution in [0.2, 0.25) is 0 Å². The van der Waals surface area contributed by atoms with Crippen molar-refractivity contribution in [3.8, 4) is 0 Å². The molecule has 0 bridgehead atoms. The molecule has 1 heterocycles. The summed E-state index contributed by atoms with van der Waals surface area (Å²) < 4.78 is 14.2. The highest BCUT2D eigenvalue weighted by Gasteiger charge is 2.18. The SMILES string of the molecule is C=CC(=O)NCc1ccc(CNC(=O)CN2CCCCCCC2=O)c(F)c1. The van der Waals surface area contributed by atoms with E-state index in [0.717, 1.165) is 31.8 Å². The molecular formula is C20H26FN3O3. The van der Waals surface area contributed by atoms with Crippen molar-refractivity contribution in [2.24, 2.45) is 0 Å². The fraction of sp³-hybridized carbons (Fsp3) is 0.450. The van der Waals surface area contributed by atoms with Gasteiger partial charge in [-0.1, -0.05) is 31.6 Å². The smallest absolute Gasteiger partial charge is 0.243 e. The van der Waals surface area contributed by atoms with E-state index in [4.69, 9.17) is 0 Å². The van der Waals surface area contributed by atoms with Crippen LogP contribution in [0.25, 0.3) is 0 Å². The number of hydrogen-bond donors (Lipinski definition) is 2. The van der Waals surface area contributed by atoms with Crippen LogP contribution in [0.4, 0.5) is 4.39 Å². The summed E-state index contributed by atoms with van der Waals surface area (Å²) in [6, 6.07) is 4.59. The van der Waals surface area contributed by atoms with Crippen LogP contribution in [-0.4, -0.2) is 35.7 Å². The lowest BCUT2D eigenvalue weighted by Crippen LogP contribution is -2.41. The maximum atomic E-state index is 14.2. The van der Waals surface area contributed by atoms with E-state index in [1.807, 2.05) is 0 Å². The van der Waals surface area contributed by atoms with Crippen LogP contribution in [0, 0.1) is 5.82 Å². The van der Waals surface area contributed by atoms with Crippen molar-refractivity contribution < 1.29 is 18.8 Å². The Morgan fingerprint density at radius 1 is 1.15 bits per heavy atom. The van der Waals surface area contributed by atoms with Crippen LogP contribution in [-0.2, 0) is 27.5 Å². The zero-order chi connectivity index (χ0) is 19.6. The molecule has 1 saturated heterocycles. The standard InChI is InChI=1S/C20H26FN3O3/c1-2-18(25)22-12-15-8-9-16(17(21)11-15)13-23-19(26)14-24-10-6-4-3-5-7-20(24)27/h2,8-9,11H,1,3-7,10,12-14H2,(H,22,25)(H,23,26). The first-order chi connectivity index (χ1) is 13.0. The van der Waals surface area contributed by atoms with Gasteiger partial charge in [0.15, 0.2) is 0 Å². The summed E-state index contributed by atoms with van der Waals surface area (Å²) in [6.45, 7) is 4.19. The number of hydrogen-bond acceptors (Lipinski definition) is 3. The number of carbonyl (C=O) groups excluding carboxylic acids is 3. The maximum absolute atomic E-state index is 14.2. The minimum atomic E-state index is -0.456. The molecule has 0 saturated carbocycles. The Balaban J connectivity index is 1.84. The van der Waals surface area contributed by atoms with Crippen molar-refractivity contribution in [3.05, 3.63) is 47.8 Å². The van der Waals surface area contributed by atoms with Gasteiger partial charge in [-0.3, -0.25) is 14.4 Å². The Hall–Kier alpha value is -2.70. The fourth-order valence-electron chi connectivity index (χ4n) is 2.91. The molecule has 146 valence electrons. The second kappa shape index (κ2) is 10.4. The lowest BCUT2D eigenvalue weighted by molar-refractivity contribution is -0.136. The Bertz CT molecular complexity index is 706. The Morgan fingerprint density at radius 2 is 1.93 bits per heavy atom. The third-order valence-corrected chi connectivity index (χ3v) is 4.50. The van der Waals surface area contributed by atoms with Crippen molar-refractivity contribution >= 4 is 17.7 Å². The van der Waals surface area contributed by atoms with Gasteiger partial charge in [0.1, 0.15) is 5.82 Å². The van der Waals surface area contributed by atoms with Gasteiger partial charge in [-0.15, -0.1) is 0 Å². The van der Waals surface area contributed by atoms with Crippen LogP contribution >= 0.6 is 0 Å². The minimum absolute atomic E-state index is 0.00181. The van der Waals surface area contributed by atoms with Crippen LogP contribution in [0.3, 0.4) is 0 Å². The largest absolute Gasteiger partial charge is 0.350 e. The van der Waals surface area contributed by atoms with E-state index in [1.165, 1.54) is 6.07 Å². The quantitative estimate of drug-likeness (QED) is 0.716. The zero-order valence-corrected chi connectivity index (χ0v) is 15.4. The number of benzene rings is 1. The average Bonchev–Trinajstić information content (AvgIpc) is 2.65. The van der Waals surface area contributed by atoms with Gasteiger partial charge in [-0.05, 0) is 30.5 Å². The van der Waals surface area contributed by atoms with Crippen LogP contribution in [0.5, 0.6) is 0 Å². The van der Waals surface area contributed by atoms with Crippen LogP contribution in [0.1, 0.15) is 43.2 Å². The highest BCUT2D eigenvalue weighted by atomic mass is 19.1. The van der Waals surface area contributed by atoms with E-state index in [-0.39, 0.29) is 37.4 Å². The third-order valence-electron chi connectivity index (χ3n) is 4.50. The Morgan fingerprint density at radius 3 is 2.67 bits per heavy atom. The molecule has 0 radical (unpaired) electrons. The van der Waals surface area contributed by atoms with Crippen molar-refractivity contribution in [1.29, 1.82) is 0 Å². The second-order valence-corrected chi connectivity index (χ2v) is 6.60. The number of likely N-dealkylation sites (tertiary alicyclic amines) is 1. The molecule has 1 aliphatic heterocycles. The molecule has 0 aliphatic carbocycles. The maximum Gasteiger partial charge on any atom is 0.243 e. The minimum Gasteiger partial charge on any atom is -0.350 e. The predicted octanol–water partition coefficient (Wildman–Crippen LogP) is 2.04. The summed E-state index contributed by atoms with van der Waals surface area (Å²) >= 11 is 0. The highest BCUT2D eigenvalue weighted by molar-refractivity contribution is 5.86. The third kappa shape index (κ3) is 6.84. The molecule has 0 unspecified atom stereocenters. The normalized spacial score (nSPS) is 14.9. The van der Waals surface area contributed by atoms with Gasteiger partial charge in [-0.25, -0.2) is 4.39 Å². The lowest BCUT2D eigenvalue weighted by Gasteiger charge is -2.24. The lowest BCUT2D eigenvalue weighted by atomic mass is 10.1. The van der Waals surface area contributed by atoms with Gasteiger partial charge < -0.3 is 15.5 Å². The van der Waals surface area contributed by atoms with E-state index in [1.54, 1.807) is 17.0 Å². The van der Waals surface area contributed by atoms with Crippen molar-refractivity contribution in [2.75, 3.05) is 13.1 Å². The van der Waals surface area contributed by atoms with Crippen molar-refractivity contribution in [3.63, 3.8) is 0 Å². The predicted molar refractivity (Wildman–Crippen MR) is 100.0 cm³/mol. The topological polar surface area (TPSA) is 78.5 Å². The summed E-state index contributed by atoms with van der Waals surface area (Å²) in [5, 5.41) is 5.24. The van der Waals surface area contributed by atoms with E-state index in [2.05, 4.69) is 17.2 Å². The van der Waals surface area contributed by atoms with Crippen molar-refractivity contribution in [1.82, 2.24) is 15.5 Å². The first-order valence-corrected chi connectivity index (χ1v) is 9.21. The number of halogens is 1. The van der Waals surface area contributed by atoms with Gasteiger partial charge in [-0.2, -0.15) is 0 Å². The number of nitrogens with one attached hydrogen (secondary N) is 2. The van der Waals surface area contributed by atoms with Gasteiger partial charge in [0, 0.05) is 31.6 Å². The first kappa shape index (κ1) is 20.6. The molecule has 1 aromatic carbocycles. The van der Waals surface area contributed by atoms with Crippen LogP contribution < -0.4 is 10.6 Å². The van der Waals surface area contributed by atoms with Gasteiger partial charge in [0.05, 0.1) is 6.54 Å². The summed E-state index contributed by atoms with van der Waals surface area (Å²) in [5.41, 5.74) is 0.963. The van der Waals surface area contributed by atoms with Gasteiger partial charge >= 0.3 is 0 Å². The fourth-order valence-corrected chi connectivity index (χ4v) is 2.91. The highest BCUT2D eigenvalue weighted by Crippen LogP contribution is 2.12. The molecule has 1 aromatic rings. The molecule has 2 N–H and O–H groups in total. The molecular weight excluding hydrogens is 349 g/mol. The molecule has 0 atom stereocenters. The van der Waals surface area contributed by atoms with Gasteiger partial charge in [0.25, 0.3) is 0 Å². The van der Waals surface area contributed by atoms with E-state index < -0.39 is 5.82 Å². The molecule has 1 aliphatic rings. The number of amides is 3. The number of nitrogens with zero attached hydrogens (tertiary/aromatic N) is 1. The molecule has 0 spiro atoms. The van der Waals surface area contributed by atoms with Crippen LogP contribution in [0.15, 0.2) is 30.9 Å². The zero-order valence-electron chi connectivity index (χ0n) is 15.4. The Labute approximate surface area is 158 Å². The van der Waals surface area contributed by atoms with Crippen molar-refractivity contribution in [2.45, 2.75) is 45.2 Å². The molecule has 27 heavy (non-hydrogen) atoms. The molecule has 2 rings (SSSR count). The second-order valence-electron chi connectivity index (χ2n) is 6.60. The molecule has 1 fully saturated rings. The number of rotatable bonds is 7. The van der Waals surface area contributed by atoms with E-state index in [9.17, 15) is 18.8 Å². The van der Waals surface area contributed by atoms with E-state index >= 15 is 0 Å². The Kier molecular flexibility index (Phi) is 7.98. The molecule has 7 heteroatoms. The first-order valence-electron chi connectivity index (χ1n) is 9.21. The summed E-state index contributed by atoms with van der Waals surface area (Å²) in [4.78, 5) is 36.9. The molecule has 3 amide bonds. The monoisotopic (exact) mass is 375 g/mol. The molecule has 6 nitrogen and oxygen atoms in total. The van der Waals surface area contributed by atoms with E-state index in [0.29, 0.717) is 24.1 Å². The average molecular weight is 375 g/mol. The molecule has 0 aromatic heterocycles. The summed E-state index contributed by atoms with van der Waals surface area (Å²) in [5.74, 6) is -1.08. The number of carbonyl (C=O) groups is 3. The van der Waals surface area contributed by atoms with Gasteiger partial charge in [0.2, 0.25) is 17.7 Å². The summed E-state index contributed by atoms with van der Waals surface area (Å²) in [6.07, 6.45) is 5.51. The summed E-state index contributed by atoms with van der Waals surface area (Å²) in [7, 11) is 0.